The first kappa shape index (κ1) is 17.0. The fourth-order valence-electron chi connectivity index (χ4n) is 3.17. The largest absolute Gasteiger partial charge is 0.412 e. The van der Waals surface area contributed by atoms with E-state index in [-0.39, 0.29) is 0 Å². The van der Waals surface area contributed by atoms with Gasteiger partial charge in [0.25, 0.3) is 0 Å². The lowest BCUT2D eigenvalue weighted by Crippen LogP contribution is -2.47. The molecule has 2 rings (SSSR count). The topological polar surface area (TPSA) is 9.23 Å². The molecule has 0 aliphatic heterocycles. The van der Waals surface area contributed by atoms with Crippen LogP contribution in [0.1, 0.15) is 38.8 Å². The summed E-state index contributed by atoms with van der Waals surface area (Å²) in [5.41, 5.74) is 3.87. The van der Waals surface area contributed by atoms with Crippen molar-refractivity contribution in [1.82, 2.24) is 0 Å². The van der Waals surface area contributed by atoms with Crippen molar-refractivity contribution in [3.05, 3.63) is 71.8 Å². The molecule has 0 fully saturated rings. The van der Waals surface area contributed by atoms with Gasteiger partial charge >= 0.3 is 0 Å². The Morgan fingerprint density at radius 3 is 1.64 bits per heavy atom. The van der Waals surface area contributed by atoms with Crippen LogP contribution in [0.3, 0.4) is 0 Å². The quantitative estimate of drug-likeness (QED) is 0.591. The summed E-state index contributed by atoms with van der Waals surface area (Å²) in [5, 5.41) is 0. The Morgan fingerprint density at radius 1 is 0.727 bits per heavy atom. The van der Waals surface area contributed by atoms with Crippen molar-refractivity contribution in [2.45, 2.75) is 51.4 Å². The zero-order valence-electron chi connectivity index (χ0n) is 14.3. The molecule has 0 bridgehead atoms. The van der Waals surface area contributed by atoms with Gasteiger partial charge in [0.1, 0.15) is 0 Å². The van der Waals surface area contributed by atoms with E-state index in [1.165, 1.54) is 11.1 Å². The minimum absolute atomic E-state index is 0.594. The van der Waals surface area contributed by atoms with Gasteiger partial charge in [0.15, 0.2) is 0 Å². The minimum atomic E-state index is -1.87. The molecular weight excluding hydrogens is 284 g/mol. The third-order valence-corrected chi connectivity index (χ3v) is 10.2. The van der Waals surface area contributed by atoms with Crippen LogP contribution in [0, 0.1) is 0 Å². The van der Waals surface area contributed by atoms with Crippen LogP contribution in [-0.2, 0) is 17.1 Å². The van der Waals surface area contributed by atoms with Crippen LogP contribution >= 0.6 is 0 Å². The first-order valence-electron chi connectivity index (χ1n) is 8.26. The number of benzene rings is 2. The standard InChI is InChI=1S/C20H28OSi/c1-17(2)22(18(3)4,16-20-13-9-6-10-14-20)21-15-19-11-7-5-8-12-19/h5-14,17-18H,15-16H2,1-4H3. The second kappa shape index (κ2) is 7.75. The van der Waals surface area contributed by atoms with Crippen molar-refractivity contribution in [3.63, 3.8) is 0 Å². The molecule has 0 spiro atoms. The van der Waals surface area contributed by atoms with Crippen molar-refractivity contribution < 1.29 is 4.43 Å². The van der Waals surface area contributed by atoms with E-state index in [9.17, 15) is 0 Å². The molecule has 1 nitrogen and oxygen atoms in total. The highest BCUT2D eigenvalue weighted by Gasteiger charge is 2.42. The summed E-state index contributed by atoms with van der Waals surface area (Å²) in [7, 11) is -1.87. The molecule has 118 valence electrons. The van der Waals surface area contributed by atoms with E-state index in [0.717, 1.165) is 12.7 Å². The predicted molar refractivity (Wildman–Crippen MR) is 97.3 cm³/mol. The van der Waals surface area contributed by atoms with Crippen LogP contribution in [0.4, 0.5) is 0 Å². The smallest absolute Gasteiger partial charge is 0.202 e. The third-order valence-electron chi connectivity index (χ3n) is 4.63. The zero-order valence-corrected chi connectivity index (χ0v) is 15.3. The average Bonchev–Trinajstić information content (AvgIpc) is 2.53. The van der Waals surface area contributed by atoms with E-state index in [4.69, 9.17) is 4.43 Å². The van der Waals surface area contributed by atoms with Crippen molar-refractivity contribution in [2.75, 3.05) is 0 Å². The Bertz CT molecular complexity index is 540. The Balaban J connectivity index is 2.21. The van der Waals surface area contributed by atoms with Gasteiger partial charge in [0, 0.05) is 0 Å². The van der Waals surface area contributed by atoms with Gasteiger partial charge < -0.3 is 4.43 Å². The van der Waals surface area contributed by atoms with E-state index < -0.39 is 8.32 Å². The van der Waals surface area contributed by atoms with E-state index in [2.05, 4.69) is 88.4 Å². The summed E-state index contributed by atoms with van der Waals surface area (Å²) in [6.07, 6.45) is 0. The van der Waals surface area contributed by atoms with Crippen LogP contribution in [-0.4, -0.2) is 8.32 Å². The van der Waals surface area contributed by atoms with Crippen LogP contribution < -0.4 is 0 Å². The fraction of sp³-hybridized carbons (Fsp3) is 0.400. The second-order valence-corrected chi connectivity index (χ2v) is 11.6. The van der Waals surface area contributed by atoms with Crippen molar-refractivity contribution >= 4 is 8.32 Å². The maximum atomic E-state index is 6.68. The second-order valence-electron chi connectivity index (χ2n) is 6.70. The summed E-state index contributed by atoms with van der Waals surface area (Å²) in [4.78, 5) is 0. The Labute approximate surface area is 136 Å². The van der Waals surface area contributed by atoms with E-state index in [1.807, 2.05) is 0 Å². The molecule has 0 N–H and O–H groups in total. The van der Waals surface area contributed by atoms with Gasteiger partial charge in [-0.05, 0) is 28.3 Å². The monoisotopic (exact) mass is 312 g/mol. The van der Waals surface area contributed by atoms with Gasteiger partial charge in [0.2, 0.25) is 8.32 Å². The van der Waals surface area contributed by atoms with Crippen LogP contribution in [0.25, 0.3) is 0 Å². The third kappa shape index (κ3) is 4.08. The normalized spacial score (nSPS) is 12.1. The van der Waals surface area contributed by atoms with E-state index in [0.29, 0.717) is 11.1 Å². The highest BCUT2D eigenvalue weighted by atomic mass is 28.4. The maximum Gasteiger partial charge on any atom is 0.202 e. The molecule has 0 amide bonds. The summed E-state index contributed by atoms with van der Waals surface area (Å²) in [6.45, 7) is 10.1. The molecule has 0 aliphatic rings. The van der Waals surface area contributed by atoms with Gasteiger partial charge in [0.05, 0.1) is 6.61 Å². The summed E-state index contributed by atoms with van der Waals surface area (Å²) < 4.78 is 6.68. The Morgan fingerprint density at radius 2 is 1.18 bits per heavy atom. The first-order chi connectivity index (χ1) is 10.5. The lowest BCUT2D eigenvalue weighted by Gasteiger charge is -2.39. The molecule has 0 aromatic heterocycles. The van der Waals surface area contributed by atoms with Crippen molar-refractivity contribution in [3.8, 4) is 0 Å². The van der Waals surface area contributed by atoms with E-state index >= 15 is 0 Å². The highest BCUT2D eigenvalue weighted by Crippen LogP contribution is 2.37. The molecule has 0 saturated carbocycles. The van der Waals surface area contributed by atoms with E-state index in [1.54, 1.807) is 0 Å². The molecule has 0 aliphatic carbocycles. The number of rotatable bonds is 7. The molecule has 0 radical (unpaired) electrons. The summed E-state index contributed by atoms with van der Waals surface area (Å²) in [6, 6.07) is 22.5. The molecule has 2 aromatic rings. The number of hydrogen-bond acceptors (Lipinski definition) is 1. The molecule has 2 aromatic carbocycles. The predicted octanol–water partition coefficient (Wildman–Crippen LogP) is 5.75. The number of hydrogen-bond donors (Lipinski definition) is 0. The zero-order chi connectivity index (χ0) is 16.0. The molecule has 22 heavy (non-hydrogen) atoms. The van der Waals surface area contributed by atoms with Crippen LogP contribution in [0.15, 0.2) is 60.7 Å². The van der Waals surface area contributed by atoms with Gasteiger partial charge in [-0.25, -0.2) is 0 Å². The molecular formula is C20H28OSi. The van der Waals surface area contributed by atoms with Crippen LogP contribution in [0.2, 0.25) is 11.1 Å². The molecule has 2 heteroatoms. The minimum Gasteiger partial charge on any atom is -0.412 e. The maximum absolute atomic E-state index is 6.68. The van der Waals surface area contributed by atoms with Crippen molar-refractivity contribution in [1.29, 1.82) is 0 Å². The summed E-state index contributed by atoms with van der Waals surface area (Å²) in [5.74, 6) is 0. The Hall–Kier alpha value is -1.38. The SMILES string of the molecule is CC(C)[Si](Cc1ccccc1)(OCc1ccccc1)C(C)C. The van der Waals surface area contributed by atoms with Gasteiger partial charge in [-0.2, -0.15) is 0 Å². The highest BCUT2D eigenvalue weighted by molar-refractivity contribution is 6.75. The molecule has 0 heterocycles. The van der Waals surface area contributed by atoms with Crippen molar-refractivity contribution in [2.24, 2.45) is 0 Å². The lowest BCUT2D eigenvalue weighted by molar-refractivity contribution is 0.272. The molecule has 0 unspecified atom stereocenters. The van der Waals surface area contributed by atoms with Crippen LogP contribution in [0.5, 0.6) is 0 Å². The van der Waals surface area contributed by atoms with Gasteiger partial charge in [-0.15, -0.1) is 0 Å². The summed E-state index contributed by atoms with van der Waals surface area (Å²) >= 11 is 0. The lowest BCUT2D eigenvalue weighted by atomic mass is 10.2. The Kier molecular flexibility index (Phi) is 5.98. The average molecular weight is 313 g/mol. The molecule has 0 atom stereocenters. The van der Waals surface area contributed by atoms with Gasteiger partial charge in [-0.1, -0.05) is 88.4 Å². The van der Waals surface area contributed by atoms with Gasteiger partial charge in [-0.3, -0.25) is 0 Å². The first-order valence-corrected chi connectivity index (χ1v) is 10.5. The molecule has 0 saturated heterocycles. The fourth-order valence-corrected chi connectivity index (χ4v) is 7.39.